The lowest BCUT2D eigenvalue weighted by molar-refractivity contribution is 0.403. The smallest absolute Gasteiger partial charge is 0.317 e. The lowest BCUT2D eigenvalue weighted by atomic mass is 10.0. The summed E-state index contributed by atoms with van der Waals surface area (Å²) in [6.07, 6.45) is 0. The predicted octanol–water partition coefficient (Wildman–Crippen LogP) is 3.02. The average Bonchev–Trinajstić information content (AvgIpc) is 2.39. The van der Waals surface area contributed by atoms with E-state index in [9.17, 15) is 10.2 Å². The molecule has 0 fully saturated rings. The molecule has 1 aromatic heterocycles. The number of hydrogen-bond donors (Lipinski definition) is 2. The summed E-state index contributed by atoms with van der Waals surface area (Å²) in [5.74, 6) is -0.212. The highest BCUT2D eigenvalue weighted by molar-refractivity contribution is 5.88. The molecule has 1 heterocycles. The highest BCUT2D eigenvalue weighted by Gasteiger charge is 2.07. The highest BCUT2D eigenvalue weighted by atomic mass is 16.3. The molecule has 0 saturated heterocycles. The standard InChI is InChI=1S/C15H12N2O2/c1-9-2-4-10(5-3-9)11-6-7-13-12(8-11)14(18)17-15(19)16-13/h2-8H,1H3,(H2,16,17,18,19). The van der Waals surface area contributed by atoms with Crippen LogP contribution in [0, 0.1) is 6.92 Å². The van der Waals surface area contributed by atoms with Gasteiger partial charge in [0.2, 0.25) is 5.88 Å². The number of aryl methyl sites for hydroxylation is 1. The summed E-state index contributed by atoms with van der Waals surface area (Å²) in [6, 6.07) is 13.2. The van der Waals surface area contributed by atoms with E-state index >= 15 is 0 Å². The molecular formula is C15H12N2O2. The number of benzene rings is 2. The minimum atomic E-state index is -0.423. The van der Waals surface area contributed by atoms with Crippen molar-refractivity contribution < 1.29 is 10.2 Å². The van der Waals surface area contributed by atoms with Crippen LogP contribution in [-0.4, -0.2) is 20.2 Å². The van der Waals surface area contributed by atoms with Gasteiger partial charge in [0.05, 0.1) is 10.9 Å². The fourth-order valence-corrected chi connectivity index (χ4v) is 2.03. The van der Waals surface area contributed by atoms with Crippen molar-refractivity contribution in [2.75, 3.05) is 0 Å². The molecule has 0 amide bonds. The van der Waals surface area contributed by atoms with Crippen molar-refractivity contribution in [1.82, 2.24) is 9.97 Å². The Kier molecular flexibility index (Phi) is 2.56. The van der Waals surface area contributed by atoms with Gasteiger partial charge in [-0.2, -0.15) is 9.97 Å². The molecule has 0 atom stereocenters. The first kappa shape index (κ1) is 11.5. The molecule has 4 heteroatoms. The predicted molar refractivity (Wildman–Crippen MR) is 73.0 cm³/mol. The van der Waals surface area contributed by atoms with Gasteiger partial charge in [-0.25, -0.2) is 0 Å². The molecule has 0 spiro atoms. The lowest BCUT2D eigenvalue weighted by Gasteiger charge is -2.05. The summed E-state index contributed by atoms with van der Waals surface area (Å²) in [5, 5.41) is 19.5. The van der Waals surface area contributed by atoms with Crippen LogP contribution in [0.5, 0.6) is 11.9 Å². The molecule has 4 nitrogen and oxygen atoms in total. The summed E-state index contributed by atoms with van der Waals surface area (Å²) in [5.41, 5.74) is 3.73. The summed E-state index contributed by atoms with van der Waals surface area (Å²) < 4.78 is 0. The fraction of sp³-hybridized carbons (Fsp3) is 0.0667. The number of fused-ring (bicyclic) bond motifs is 1. The molecule has 3 rings (SSSR count). The van der Waals surface area contributed by atoms with Crippen LogP contribution >= 0.6 is 0 Å². The van der Waals surface area contributed by atoms with Crippen LogP contribution < -0.4 is 0 Å². The molecule has 0 aliphatic carbocycles. The Morgan fingerprint density at radius 3 is 2.26 bits per heavy atom. The van der Waals surface area contributed by atoms with Crippen LogP contribution in [0.4, 0.5) is 0 Å². The van der Waals surface area contributed by atoms with Crippen LogP contribution in [-0.2, 0) is 0 Å². The fourth-order valence-electron chi connectivity index (χ4n) is 2.03. The van der Waals surface area contributed by atoms with Crippen LogP contribution in [0.3, 0.4) is 0 Å². The van der Waals surface area contributed by atoms with Crippen molar-refractivity contribution in [3.63, 3.8) is 0 Å². The minimum Gasteiger partial charge on any atom is -0.493 e. The number of rotatable bonds is 1. The van der Waals surface area contributed by atoms with E-state index in [0.717, 1.165) is 11.1 Å². The van der Waals surface area contributed by atoms with Crippen molar-refractivity contribution in [2.45, 2.75) is 6.92 Å². The van der Waals surface area contributed by atoms with E-state index in [2.05, 4.69) is 9.97 Å². The number of hydrogen-bond acceptors (Lipinski definition) is 4. The molecule has 0 unspecified atom stereocenters. The second-order valence-electron chi connectivity index (χ2n) is 4.45. The molecule has 19 heavy (non-hydrogen) atoms. The molecule has 3 aromatic rings. The molecule has 2 aromatic carbocycles. The normalized spacial score (nSPS) is 10.8. The van der Waals surface area contributed by atoms with E-state index in [0.29, 0.717) is 10.9 Å². The van der Waals surface area contributed by atoms with Crippen molar-refractivity contribution in [3.05, 3.63) is 48.0 Å². The zero-order chi connectivity index (χ0) is 13.4. The van der Waals surface area contributed by atoms with Gasteiger partial charge in [-0.05, 0) is 30.2 Å². The summed E-state index contributed by atoms with van der Waals surface area (Å²) in [4.78, 5) is 7.42. The lowest BCUT2D eigenvalue weighted by Crippen LogP contribution is -1.86. The van der Waals surface area contributed by atoms with Gasteiger partial charge >= 0.3 is 6.01 Å². The maximum absolute atomic E-state index is 9.76. The first-order valence-corrected chi connectivity index (χ1v) is 5.90. The van der Waals surface area contributed by atoms with Crippen LogP contribution in [0.2, 0.25) is 0 Å². The van der Waals surface area contributed by atoms with Gasteiger partial charge in [0.15, 0.2) is 0 Å². The summed E-state index contributed by atoms with van der Waals surface area (Å²) >= 11 is 0. The van der Waals surface area contributed by atoms with Crippen molar-refractivity contribution in [1.29, 1.82) is 0 Å². The zero-order valence-corrected chi connectivity index (χ0v) is 10.3. The van der Waals surface area contributed by atoms with E-state index < -0.39 is 6.01 Å². The Labute approximate surface area is 110 Å². The summed E-state index contributed by atoms with van der Waals surface area (Å²) in [7, 11) is 0. The molecule has 94 valence electrons. The first-order valence-electron chi connectivity index (χ1n) is 5.90. The Bertz CT molecular complexity index is 752. The van der Waals surface area contributed by atoms with Crippen molar-refractivity contribution in [2.24, 2.45) is 0 Å². The topological polar surface area (TPSA) is 66.2 Å². The van der Waals surface area contributed by atoms with E-state index in [1.165, 1.54) is 5.56 Å². The third kappa shape index (κ3) is 2.08. The monoisotopic (exact) mass is 252 g/mol. The maximum Gasteiger partial charge on any atom is 0.317 e. The van der Waals surface area contributed by atoms with E-state index in [-0.39, 0.29) is 5.88 Å². The Morgan fingerprint density at radius 2 is 1.53 bits per heavy atom. The third-order valence-electron chi connectivity index (χ3n) is 3.05. The van der Waals surface area contributed by atoms with Gasteiger partial charge in [0.1, 0.15) is 0 Å². The number of aromatic nitrogens is 2. The second-order valence-corrected chi connectivity index (χ2v) is 4.45. The van der Waals surface area contributed by atoms with Gasteiger partial charge in [-0.15, -0.1) is 0 Å². The van der Waals surface area contributed by atoms with Gasteiger partial charge in [0, 0.05) is 0 Å². The number of aromatic hydroxyl groups is 2. The molecule has 2 N–H and O–H groups in total. The second kappa shape index (κ2) is 4.24. The molecule has 0 saturated carbocycles. The van der Waals surface area contributed by atoms with Gasteiger partial charge in [-0.3, -0.25) is 0 Å². The van der Waals surface area contributed by atoms with Crippen molar-refractivity contribution >= 4 is 10.9 Å². The minimum absolute atomic E-state index is 0.212. The zero-order valence-electron chi connectivity index (χ0n) is 10.3. The largest absolute Gasteiger partial charge is 0.493 e. The molecule has 0 bridgehead atoms. The Balaban J connectivity index is 2.19. The number of nitrogens with zero attached hydrogens (tertiary/aromatic N) is 2. The molecule has 0 aliphatic rings. The Morgan fingerprint density at radius 1 is 0.842 bits per heavy atom. The Hall–Kier alpha value is -2.62. The van der Waals surface area contributed by atoms with E-state index in [1.807, 2.05) is 43.3 Å². The van der Waals surface area contributed by atoms with E-state index in [4.69, 9.17) is 0 Å². The van der Waals surface area contributed by atoms with Crippen molar-refractivity contribution in [3.8, 4) is 23.0 Å². The highest BCUT2D eigenvalue weighted by Crippen LogP contribution is 2.29. The first-order chi connectivity index (χ1) is 9.13. The third-order valence-corrected chi connectivity index (χ3v) is 3.05. The van der Waals surface area contributed by atoms with Gasteiger partial charge < -0.3 is 10.2 Å². The van der Waals surface area contributed by atoms with Gasteiger partial charge in [-0.1, -0.05) is 35.9 Å². The average molecular weight is 252 g/mol. The molecular weight excluding hydrogens is 240 g/mol. The van der Waals surface area contributed by atoms with Gasteiger partial charge in [0.25, 0.3) is 0 Å². The molecule has 0 aliphatic heterocycles. The van der Waals surface area contributed by atoms with E-state index in [1.54, 1.807) is 6.07 Å². The SMILES string of the molecule is Cc1ccc(-c2ccc3nc(O)nc(O)c3c2)cc1. The maximum atomic E-state index is 9.76. The molecule has 0 radical (unpaired) electrons. The van der Waals surface area contributed by atoms with Crippen LogP contribution in [0.1, 0.15) is 5.56 Å². The quantitative estimate of drug-likeness (QED) is 0.698. The van der Waals surface area contributed by atoms with Crippen LogP contribution in [0.25, 0.3) is 22.0 Å². The van der Waals surface area contributed by atoms with Crippen LogP contribution in [0.15, 0.2) is 42.5 Å². The summed E-state index contributed by atoms with van der Waals surface area (Å²) in [6.45, 7) is 2.03.